The number of aliphatic hydroxyl groups is 1. The van der Waals surface area contributed by atoms with Crippen LogP contribution in [0.2, 0.25) is 0 Å². The van der Waals surface area contributed by atoms with Crippen molar-refractivity contribution in [2.45, 2.75) is 38.5 Å². The van der Waals surface area contributed by atoms with Crippen LogP contribution in [0.5, 0.6) is 5.75 Å². The number of rotatable bonds is 10. The third-order valence-corrected chi connectivity index (χ3v) is 5.50. The van der Waals surface area contributed by atoms with Gasteiger partial charge in [0.25, 0.3) is 5.91 Å². The van der Waals surface area contributed by atoms with Crippen molar-refractivity contribution >= 4 is 5.91 Å². The van der Waals surface area contributed by atoms with Crippen LogP contribution in [0.15, 0.2) is 60.4 Å². The molecule has 0 aliphatic carbocycles. The minimum Gasteiger partial charge on any atom is -0.497 e. The quantitative estimate of drug-likeness (QED) is 0.583. The van der Waals surface area contributed by atoms with Gasteiger partial charge in [0.1, 0.15) is 11.6 Å². The summed E-state index contributed by atoms with van der Waals surface area (Å²) in [7, 11) is 1.61. The molecule has 0 saturated heterocycles. The molecule has 32 heavy (non-hydrogen) atoms. The first-order chi connectivity index (χ1) is 15.5. The van der Waals surface area contributed by atoms with Crippen molar-refractivity contribution < 1.29 is 28.5 Å². The third kappa shape index (κ3) is 6.08. The second kappa shape index (κ2) is 11.6. The van der Waals surface area contributed by atoms with Gasteiger partial charge in [-0.05, 0) is 61.2 Å². The molecule has 2 N–H and O–H groups in total. The maximum absolute atomic E-state index is 13.1. The number of allylic oxidation sites excluding steroid dienone is 1. The highest BCUT2D eigenvalue weighted by Gasteiger charge is 2.37. The third-order valence-electron chi connectivity index (χ3n) is 5.50. The normalized spacial score (nSPS) is 20.2. The van der Waals surface area contributed by atoms with Crippen LogP contribution < -0.4 is 10.1 Å². The van der Waals surface area contributed by atoms with E-state index in [-0.39, 0.29) is 42.5 Å². The molecule has 3 atom stereocenters. The molecule has 6 nitrogen and oxygen atoms in total. The highest BCUT2D eigenvalue weighted by molar-refractivity contribution is 5.91. The highest BCUT2D eigenvalue weighted by atomic mass is 19.1. The number of carbonyl (C=O) groups excluding carboxylic acids is 1. The number of carbonyl (C=O) groups is 1. The van der Waals surface area contributed by atoms with Crippen molar-refractivity contribution in [3.05, 3.63) is 77.3 Å². The van der Waals surface area contributed by atoms with Crippen LogP contribution in [0, 0.1) is 11.7 Å². The zero-order valence-corrected chi connectivity index (χ0v) is 18.4. The van der Waals surface area contributed by atoms with E-state index in [1.165, 1.54) is 12.1 Å². The van der Waals surface area contributed by atoms with Gasteiger partial charge in [-0.2, -0.15) is 0 Å². The number of hydrogen-bond donors (Lipinski definition) is 2. The Kier molecular flexibility index (Phi) is 8.64. The van der Waals surface area contributed by atoms with Crippen molar-refractivity contribution in [3.8, 4) is 5.75 Å². The van der Waals surface area contributed by atoms with Gasteiger partial charge in [-0.15, -0.1) is 0 Å². The summed E-state index contributed by atoms with van der Waals surface area (Å²) in [4.78, 5) is 12.9. The van der Waals surface area contributed by atoms with Gasteiger partial charge in [0.2, 0.25) is 6.29 Å². The standard InChI is InChI=1S/C25H30FNO5/c1-3-31-25-21(5-4-14-28)22(18-8-12-20(30-2)13-9-18)15-23(32-25)24(29)27-16-17-6-10-19(26)11-7-17/h6-13,15,21-22,25,28H,3-5,14,16H2,1-2H3,(H,27,29)/t21-,22+,25+/m0/s1. The first kappa shape index (κ1) is 23.8. The van der Waals surface area contributed by atoms with E-state index in [0.717, 1.165) is 16.9 Å². The topological polar surface area (TPSA) is 77.0 Å². The Morgan fingerprint density at radius 3 is 2.50 bits per heavy atom. The zero-order chi connectivity index (χ0) is 22.9. The molecule has 172 valence electrons. The molecule has 2 aromatic rings. The van der Waals surface area contributed by atoms with Gasteiger partial charge >= 0.3 is 0 Å². The maximum Gasteiger partial charge on any atom is 0.286 e. The van der Waals surface area contributed by atoms with Crippen LogP contribution in [0.25, 0.3) is 0 Å². The molecule has 0 unspecified atom stereocenters. The van der Waals surface area contributed by atoms with Crippen LogP contribution in [-0.4, -0.2) is 37.6 Å². The van der Waals surface area contributed by atoms with E-state index in [0.29, 0.717) is 19.4 Å². The van der Waals surface area contributed by atoms with E-state index >= 15 is 0 Å². The lowest BCUT2D eigenvalue weighted by Crippen LogP contribution is -2.39. The van der Waals surface area contributed by atoms with Gasteiger partial charge in [0.15, 0.2) is 5.76 Å². The maximum atomic E-state index is 13.1. The smallest absolute Gasteiger partial charge is 0.286 e. The fourth-order valence-electron chi connectivity index (χ4n) is 3.84. The van der Waals surface area contributed by atoms with Crippen molar-refractivity contribution in [2.75, 3.05) is 20.3 Å². The van der Waals surface area contributed by atoms with Crippen LogP contribution in [0.3, 0.4) is 0 Å². The number of halogens is 1. The summed E-state index contributed by atoms with van der Waals surface area (Å²) in [5, 5.41) is 12.2. The first-order valence-corrected chi connectivity index (χ1v) is 10.8. The summed E-state index contributed by atoms with van der Waals surface area (Å²) < 4.78 is 30.2. The van der Waals surface area contributed by atoms with Gasteiger partial charge < -0.3 is 24.6 Å². The van der Waals surface area contributed by atoms with Gasteiger partial charge in [0.05, 0.1) is 7.11 Å². The summed E-state index contributed by atoms with van der Waals surface area (Å²) in [6.45, 7) is 2.63. The molecule has 1 aliphatic heterocycles. The van der Waals surface area contributed by atoms with Gasteiger partial charge in [-0.1, -0.05) is 24.3 Å². The van der Waals surface area contributed by atoms with Crippen LogP contribution in [0.1, 0.15) is 36.8 Å². The lowest BCUT2D eigenvalue weighted by Gasteiger charge is -2.37. The first-order valence-electron chi connectivity index (χ1n) is 10.8. The van der Waals surface area contributed by atoms with Gasteiger partial charge in [-0.25, -0.2) is 4.39 Å². The average Bonchev–Trinajstić information content (AvgIpc) is 2.82. The number of hydrogen-bond acceptors (Lipinski definition) is 5. The molecule has 1 heterocycles. The Labute approximate surface area is 188 Å². The number of nitrogens with one attached hydrogen (secondary N) is 1. The Balaban J connectivity index is 1.84. The molecule has 0 bridgehead atoms. The lowest BCUT2D eigenvalue weighted by atomic mass is 9.80. The van der Waals surface area contributed by atoms with Crippen molar-refractivity contribution in [1.29, 1.82) is 0 Å². The number of ether oxygens (including phenoxy) is 3. The van der Waals surface area contributed by atoms with E-state index in [2.05, 4.69) is 5.32 Å². The van der Waals surface area contributed by atoms with E-state index in [1.807, 2.05) is 37.3 Å². The monoisotopic (exact) mass is 443 g/mol. The van der Waals surface area contributed by atoms with Crippen LogP contribution >= 0.6 is 0 Å². The minimum absolute atomic E-state index is 0.0656. The van der Waals surface area contributed by atoms with E-state index in [1.54, 1.807) is 19.2 Å². The predicted molar refractivity (Wildman–Crippen MR) is 118 cm³/mol. The Hall–Kier alpha value is -2.90. The van der Waals surface area contributed by atoms with Crippen molar-refractivity contribution in [2.24, 2.45) is 5.92 Å². The molecule has 0 saturated carbocycles. The fourth-order valence-corrected chi connectivity index (χ4v) is 3.84. The predicted octanol–water partition coefficient (Wildman–Crippen LogP) is 3.90. The molecule has 0 spiro atoms. The average molecular weight is 444 g/mol. The Morgan fingerprint density at radius 1 is 1.16 bits per heavy atom. The Bertz CT molecular complexity index is 898. The summed E-state index contributed by atoms with van der Waals surface area (Å²) in [6, 6.07) is 13.7. The van der Waals surface area contributed by atoms with Gasteiger partial charge in [-0.3, -0.25) is 4.79 Å². The SMILES string of the molecule is CCO[C@@H]1OC(C(=O)NCc2ccc(F)cc2)=C[C@H](c2ccc(OC)cc2)[C@@H]1CCCO. The highest BCUT2D eigenvalue weighted by Crippen LogP contribution is 2.39. The number of aliphatic hydroxyl groups excluding tert-OH is 1. The summed E-state index contributed by atoms with van der Waals surface area (Å²) >= 11 is 0. The number of benzene rings is 2. The number of amides is 1. The van der Waals surface area contributed by atoms with E-state index < -0.39 is 6.29 Å². The second-order valence-corrected chi connectivity index (χ2v) is 7.61. The minimum atomic E-state index is -0.616. The molecule has 1 amide bonds. The van der Waals surface area contributed by atoms with Crippen LogP contribution in [0.4, 0.5) is 4.39 Å². The molecule has 0 fully saturated rings. The van der Waals surface area contributed by atoms with E-state index in [4.69, 9.17) is 14.2 Å². The molecule has 0 radical (unpaired) electrons. The molecule has 1 aliphatic rings. The zero-order valence-electron chi connectivity index (χ0n) is 18.4. The van der Waals surface area contributed by atoms with Gasteiger partial charge in [0, 0.05) is 31.6 Å². The number of methoxy groups -OCH3 is 1. The second-order valence-electron chi connectivity index (χ2n) is 7.61. The molecular weight excluding hydrogens is 413 g/mol. The fraction of sp³-hybridized carbons (Fsp3) is 0.400. The Morgan fingerprint density at radius 2 is 1.88 bits per heavy atom. The summed E-state index contributed by atoms with van der Waals surface area (Å²) in [5.74, 6) is 0.0442. The molecule has 7 heteroatoms. The molecule has 2 aromatic carbocycles. The van der Waals surface area contributed by atoms with E-state index in [9.17, 15) is 14.3 Å². The summed E-state index contributed by atoms with van der Waals surface area (Å²) in [6.07, 6.45) is 2.48. The molecule has 0 aromatic heterocycles. The van der Waals surface area contributed by atoms with Crippen LogP contribution in [-0.2, 0) is 20.8 Å². The lowest BCUT2D eigenvalue weighted by molar-refractivity contribution is -0.166. The van der Waals surface area contributed by atoms with Crippen molar-refractivity contribution in [1.82, 2.24) is 5.32 Å². The largest absolute Gasteiger partial charge is 0.497 e. The summed E-state index contributed by atoms with van der Waals surface area (Å²) in [5.41, 5.74) is 1.79. The molecular formula is C25H30FNO5. The molecule has 3 rings (SSSR count). The van der Waals surface area contributed by atoms with Crippen molar-refractivity contribution in [3.63, 3.8) is 0 Å².